The van der Waals surface area contributed by atoms with Crippen LogP contribution < -0.4 is 4.74 Å². The van der Waals surface area contributed by atoms with Crippen molar-refractivity contribution >= 4 is 19.7 Å². The van der Waals surface area contributed by atoms with Gasteiger partial charge in [0.2, 0.25) is 0 Å². The van der Waals surface area contributed by atoms with E-state index in [-0.39, 0.29) is 4.90 Å². The molecular weight excluding hydrogens is 284 g/mol. The van der Waals surface area contributed by atoms with Crippen molar-refractivity contribution in [3.63, 3.8) is 0 Å². The molecule has 0 saturated heterocycles. The largest absolute Gasteiger partial charge is 0.492 e. The van der Waals surface area contributed by atoms with Crippen molar-refractivity contribution in [2.45, 2.75) is 45.4 Å². The third kappa shape index (κ3) is 5.03. The van der Waals surface area contributed by atoms with Gasteiger partial charge in [-0.25, -0.2) is 8.42 Å². The maximum atomic E-state index is 11.6. The summed E-state index contributed by atoms with van der Waals surface area (Å²) in [6.45, 7) is 8.45. The Morgan fingerprint density at radius 2 is 1.89 bits per heavy atom. The van der Waals surface area contributed by atoms with Gasteiger partial charge in [0.25, 0.3) is 9.05 Å². The van der Waals surface area contributed by atoms with E-state index < -0.39 is 9.05 Å². The van der Waals surface area contributed by atoms with Crippen molar-refractivity contribution in [2.24, 2.45) is 5.92 Å². The second kappa shape index (κ2) is 6.62. The fourth-order valence-electron chi connectivity index (χ4n) is 1.95. The van der Waals surface area contributed by atoms with E-state index in [0.717, 1.165) is 24.0 Å². The van der Waals surface area contributed by atoms with Crippen molar-refractivity contribution in [1.82, 2.24) is 0 Å². The quantitative estimate of drug-likeness (QED) is 0.588. The molecule has 0 aliphatic heterocycles. The smallest absolute Gasteiger partial charge is 0.265 e. The summed E-state index contributed by atoms with van der Waals surface area (Å²) in [5, 5.41) is 0. The normalized spacial score (nSPS) is 11.9. The van der Waals surface area contributed by atoms with E-state index >= 15 is 0 Å². The molecule has 0 fully saturated rings. The van der Waals surface area contributed by atoms with Crippen LogP contribution in [-0.4, -0.2) is 15.0 Å². The van der Waals surface area contributed by atoms with E-state index in [1.165, 1.54) is 0 Å². The van der Waals surface area contributed by atoms with Gasteiger partial charge in [0.15, 0.2) is 0 Å². The lowest BCUT2D eigenvalue weighted by molar-refractivity contribution is 0.289. The molecule has 0 saturated carbocycles. The number of halogens is 1. The fraction of sp³-hybridized carbons (Fsp3) is 0.571. The van der Waals surface area contributed by atoms with E-state index in [1.54, 1.807) is 6.07 Å². The first-order chi connectivity index (χ1) is 8.71. The first kappa shape index (κ1) is 16.3. The highest BCUT2D eigenvalue weighted by molar-refractivity contribution is 8.13. The molecule has 0 atom stereocenters. The Morgan fingerprint density at radius 1 is 1.26 bits per heavy atom. The van der Waals surface area contributed by atoms with Crippen LogP contribution in [0.2, 0.25) is 0 Å². The molecule has 0 radical (unpaired) electrons. The standard InChI is InChI=1S/C14H21ClO3S/c1-10(2)6-5-7-18-14-12(4)8-11(3)9-13(14)19(15,16)17/h8-10H,5-7H2,1-4H3. The lowest BCUT2D eigenvalue weighted by atomic mass is 10.1. The van der Waals surface area contributed by atoms with Gasteiger partial charge in [-0.2, -0.15) is 0 Å². The van der Waals surface area contributed by atoms with Crippen LogP contribution in [0, 0.1) is 19.8 Å². The zero-order valence-corrected chi connectivity index (χ0v) is 13.4. The molecule has 0 bridgehead atoms. The van der Waals surface area contributed by atoms with Crippen molar-refractivity contribution in [1.29, 1.82) is 0 Å². The molecule has 108 valence electrons. The maximum absolute atomic E-state index is 11.6. The second-order valence-corrected chi connectivity index (χ2v) is 7.77. The van der Waals surface area contributed by atoms with Crippen LogP contribution in [0.3, 0.4) is 0 Å². The Labute approximate surface area is 120 Å². The Morgan fingerprint density at radius 3 is 2.42 bits per heavy atom. The minimum atomic E-state index is -3.78. The van der Waals surface area contributed by atoms with Crippen LogP contribution in [0.15, 0.2) is 17.0 Å². The number of rotatable bonds is 6. The maximum Gasteiger partial charge on any atom is 0.265 e. The number of benzene rings is 1. The second-order valence-electron chi connectivity index (χ2n) is 5.23. The van der Waals surface area contributed by atoms with Gasteiger partial charge in [-0.05, 0) is 49.8 Å². The van der Waals surface area contributed by atoms with Crippen LogP contribution in [0.25, 0.3) is 0 Å². The predicted molar refractivity (Wildman–Crippen MR) is 78.5 cm³/mol. The molecular formula is C14H21ClO3S. The molecule has 0 N–H and O–H groups in total. The van der Waals surface area contributed by atoms with E-state index in [1.807, 2.05) is 19.9 Å². The van der Waals surface area contributed by atoms with Gasteiger partial charge in [0, 0.05) is 10.7 Å². The Balaban J connectivity index is 2.93. The van der Waals surface area contributed by atoms with Crippen molar-refractivity contribution in [3.8, 4) is 5.75 Å². The molecule has 1 rings (SSSR count). The van der Waals surface area contributed by atoms with Crippen LogP contribution in [0.5, 0.6) is 5.75 Å². The SMILES string of the molecule is Cc1cc(C)c(OCCCC(C)C)c(S(=O)(=O)Cl)c1. The van der Waals surface area contributed by atoms with E-state index in [4.69, 9.17) is 15.4 Å². The van der Waals surface area contributed by atoms with E-state index in [2.05, 4.69) is 13.8 Å². The van der Waals surface area contributed by atoms with Gasteiger partial charge in [-0.1, -0.05) is 19.9 Å². The topological polar surface area (TPSA) is 43.4 Å². The van der Waals surface area contributed by atoms with Crippen molar-refractivity contribution < 1.29 is 13.2 Å². The molecule has 1 aromatic rings. The van der Waals surface area contributed by atoms with Gasteiger partial charge in [0.1, 0.15) is 10.6 Å². The third-order valence-corrected chi connectivity index (χ3v) is 4.15. The predicted octanol–water partition coefficient (Wildman–Crippen LogP) is 4.05. The van der Waals surface area contributed by atoms with Gasteiger partial charge in [-0.15, -0.1) is 0 Å². The number of hydrogen-bond donors (Lipinski definition) is 0. The Kier molecular flexibility index (Phi) is 5.68. The van der Waals surface area contributed by atoms with Crippen molar-refractivity contribution in [2.75, 3.05) is 6.61 Å². The molecule has 5 heteroatoms. The molecule has 3 nitrogen and oxygen atoms in total. The Hall–Kier alpha value is -0.740. The summed E-state index contributed by atoms with van der Waals surface area (Å²) in [4.78, 5) is 0.0659. The van der Waals surface area contributed by atoms with Gasteiger partial charge < -0.3 is 4.74 Å². The molecule has 19 heavy (non-hydrogen) atoms. The first-order valence-corrected chi connectivity index (χ1v) is 8.71. The zero-order chi connectivity index (χ0) is 14.6. The lowest BCUT2D eigenvalue weighted by Crippen LogP contribution is -2.05. The van der Waals surface area contributed by atoms with E-state index in [0.29, 0.717) is 18.3 Å². The van der Waals surface area contributed by atoms with E-state index in [9.17, 15) is 8.42 Å². The summed E-state index contributed by atoms with van der Waals surface area (Å²) in [6.07, 6.45) is 1.95. The van der Waals surface area contributed by atoms with Gasteiger partial charge in [0.05, 0.1) is 6.61 Å². The van der Waals surface area contributed by atoms with Crippen LogP contribution in [-0.2, 0) is 9.05 Å². The molecule has 0 aliphatic carbocycles. The molecule has 0 heterocycles. The van der Waals surface area contributed by atoms with Crippen LogP contribution in [0.1, 0.15) is 37.8 Å². The molecule has 0 aromatic heterocycles. The molecule has 0 spiro atoms. The summed E-state index contributed by atoms with van der Waals surface area (Å²) in [7, 11) is 1.68. The molecule has 1 aromatic carbocycles. The highest BCUT2D eigenvalue weighted by Crippen LogP contribution is 2.31. The summed E-state index contributed by atoms with van der Waals surface area (Å²) >= 11 is 0. The highest BCUT2D eigenvalue weighted by Gasteiger charge is 2.19. The monoisotopic (exact) mass is 304 g/mol. The van der Waals surface area contributed by atoms with Gasteiger partial charge in [-0.3, -0.25) is 0 Å². The lowest BCUT2D eigenvalue weighted by Gasteiger charge is -2.14. The third-order valence-electron chi connectivity index (χ3n) is 2.82. The molecule has 0 aliphatic rings. The minimum absolute atomic E-state index is 0.0659. The zero-order valence-electron chi connectivity index (χ0n) is 11.9. The van der Waals surface area contributed by atoms with Crippen LogP contribution in [0.4, 0.5) is 0 Å². The minimum Gasteiger partial charge on any atom is -0.492 e. The number of hydrogen-bond acceptors (Lipinski definition) is 3. The Bertz CT molecular complexity index is 536. The molecule has 0 amide bonds. The fourth-order valence-corrected chi connectivity index (χ4v) is 3.06. The summed E-state index contributed by atoms with van der Waals surface area (Å²) in [5.41, 5.74) is 1.65. The van der Waals surface area contributed by atoms with Gasteiger partial charge >= 0.3 is 0 Å². The summed E-state index contributed by atoms with van der Waals surface area (Å²) < 4.78 is 28.8. The average molecular weight is 305 g/mol. The average Bonchev–Trinajstić information content (AvgIpc) is 2.24. The number of aryl methyl sites for hydroxylation is 2. The molecule has 0 unspecified atom stereocenters. The van der Waals surface area contributed by atoms with Crippen molar-refractivity contribution in [3.05, 3.63) is 23.3 Å². The summed E-state index contributed by atoms with van der Waals surface area (Å²) in [6, 6.07) is 3.44. The number of ether oxygens (including phenoxy) is 1. The highest BCUT2D eigenvalue weighted by atomic mass is 35.7. The first-order valence-electron chi connectivity index (χ1n) is 6.40. The summed E-state index contributed by atoms with van der Waals surface area (Å²) in [5.74, 6) is 0.989. The van der Waals surface area contributed by atoms with Crippen LogP contribution >= 0.6 is 10.7 Å².